The van der Waals surface area contributed by atoms with E-state index in [-0.39, 0.29) is 5.60 Å². The van der Waals surface area contributed by atoms with Crippen molar-refractivity contribution < 1.29 is 9.47 Å². The Hall–Kier alpha value is -0.120. The van der Waals surface area contributed by atoms with Gasteiger partial charge in [-0.1, -0.05) is 6.92 Å². The molecular weight excluding hydrogens is 226 g/mol. The maximum atomic E-state index is 6.09. The number of hydrogen-bond acceptors (Lipinski definition) is 3. The van der Waals surface area contributed by atoms with Crippen LogP contribution in [0.2, 0.25) is 0 Å². The molecule has 1 spiro atoms. The fourth-order valence-corrected chi connectivity index (χ4v) is 3.49. The molecule has 3 heteroatoms. The third-order valence-corrected chi connectivity index (χ3v) is 5.37. The molecule has 18 heavy (non-hydrogen) atoms. The van der Waals surface area contributed by atoms with Crippen LogP contribution in [0, 0.1) is 5.41 Å². The molecule has 0 bridgehead atoms. The summed E-state index contributed by atoms with van der Waals surface area (Å²) in [6.07, 6.45) is 8.74. The Bertz CT molecular complexity index is 277. The van der Waals surface area contributed by atoms with Gasteiger partial charge in [-0.25, -0.2) is 0 Å². The highest BCUT2D eigenvalue weighted by atomic mass is 16.5. The second kappa shape index (κ2) is 5.10. The molecule has 3 aliphatic rings. The lowest BCUT2D eigenvalue weighted by Gasteiger charge is -2.43. The van der Waals surface area contributed by atoms with Gasteiger partial charge in [0.25, 0.3) is 0 Å². The molecule has 1 saturated carbocycles. The Morgan fingerprint density at radius 2 is 1.89 bits per heavy atom. The topological polar surface area (TPSA) is 30.5 Å². The summed E-state index contributed by atoms with van der Waals surface area (Å²) in [7, 11) is 0. The van der Waals surface area contributed by atoms with E-state index < -0.39 is 0 Å². The van der Waals surface area contributed by atoms with Crippen molar-refractivity contribution in [3.8, 4) is 0 Å². The molecule has 1 N–H and O–H groups in total. The molecule has 104 valence electrons. The molecule has 3 fully saturated rings. The van der Waals surface area contributed by atoms with Crippen molar-refractivity contribution in [3.63, 3.8) is 0 Å². The van der Waals surface area contributed by atoms with E-state index in [1.165, 1.54) is 38.6 Å². The maximum Gasteiger partial charge on any atom is 0.0741 e. The van der Waals surface area contributed by atoms with Crippen molar-refractivity contribution in [2.75, 3.05) is 26.4 Å². The summed E-state index contributed by atoms with van der Waals surface area (Å²) in [5, 5.41) is 3.83. The SMILES string of the molecule is CCC1(CNC2CCOC3(CCOCC3)C2)CC1. The van der Waals surface area contributed by atoms with Crippen molar-refractivity contribution in [1.82, 2.24) is 5.32 Å². The lowest BCUT2D eigenvalue weighted by molar-refractivity contribution is -0.140. The maximum absolute atomic E-state index is 6.09. The van der Waals surface area contributed by atoms with Gasteiger partial charge in [-0.15, -0.1) is 0 Å². The second-order valence-corrected chi connectivity index (χ2v) is 6.57. The van der Waals surface area contributed by atoms with Gasteiger partial charge in [-0.05, 0) is 50.4 Å². The molecule has 2 saturated heterocycles. The molecule has 1 atom stereocenters. The minimum atomic E-state index is 0.136. The van der Waals surface area contributed by atoms with Crippen molar-refractivity contribution in [2.45, 2.75) is 63.5 Å². The Kier molecular flexibility index (Phi) is 3.65. The van der Waals surface area contributed by atoms with Crippen LogP contribution in [0.15, 0.2) is 0 Å². The van der Waals surface area contributed by atoms with Crippen LogP contribution in [0.25, 0.3) is 0 Å². The first kappa shape index (κ1) is 12.9. The second-order valence-electron chi connectivity index (χ2n) is 6.57. The van der Waals surface area contributed by atoms with E-state index in [9.17, 15) is 0 Å². The zero-order chi connectivity index (χ0) is 12.5. The molecule has 3 rings (SSSR count). The highest BCUT2D eigenvalue weighted by Crippen LogP contribution is 2.48. The quantitative estimate of drug-likeness (QED) is 0.835. The first-order chi connectivity index (χ1) is 8.76. The highest BCUT2D eigenvalue weighted by Gasteiger charge is 2.43. The van der Waals surface area contributed by atoms with Crippen LogP contribution >= 0.6 is 0 Å². The van der Waals surface area contributed by atoms with Crippen LogP contribution in [0.4, 0.5) is 0 Å². The minimum absolute atomic E-state index is 0.136. The van der Waals surface area contributed by atoms with Crippen LogP contribution in [0.1, 0.15) is 51.9 Å². The molecule has 1 aliphatic carbocycles. The van der Waals surface area contributed by atoms with Crippen molar-refractivity contribution >= 4 is 0 Å². The summed E-state index contributed by atoms with van der Waals surface area (Å²) in [6.45, 7) is 6.24. The number of nitrogens with one attached hydrogen (secondary N) is 1. The van der Waals surface area contributed by atoms with Crippen LogP contribution < -0.4 is 5.32 Å². The summed E-state index contributed by atoms with van der Waals surface area (Å²) in [6, 6.07) is 0.667. The monoisotopic (exact) mass is 253 g/mol. The Morgan fingerprint density at radius 1 is 1.11 bits per heavy atom. The minimum Gasteiger partial charge on any atom is -0.381 e. The molecule has 0 aromatic rings. The lowest BCUT2D eigenvalue weighted by atomic mass is 9.84. The van der Waals surface area contributed by atoms with Gasteiger partial charge in [0.05, 0.1) is 5.60 Å². The fraction of sp³-hybridized carbons (Fsp3) is 1.00. The van der Waals surface area contributed by atoms with E-state index in [2.05, 4.69) is 12.2 Å². The Balaban J connectivity index is 1.50. The standard InChI is InChI=1S/C15H27NO2/c1-2-14(4-5-14)12-16-13-3-8-18-15(11-13)6-9-17-10-7-15/h13,16H,2-12H2,1H3. The molecule has 0 radical (unpaired) electrons. The van der Waals surface area contributed by atoms with Crippen molar-refractivity contribution in [1.29, 1.82) is 0 Å². The smallest absolute Gasteiger partial charge is 0.0741 e. The average molecular weight is 253 g/mol. The van der Waals surface area contributed by atoms with Crippen LogP contribution in [0.3, 0.4) is 0 Å². The summed E-state index contributed by atoms with van der Waals surface area (Å²) in [4.78, 5) is 0. The molecule has 3 nitrogen and oxygen atoms in total. The molecule has 2 aliphatic heterocycles. The largest absolute Gasteiger partial charge is 0.381 e. The normalized spacial score (nSPS) is 33.5. The Labute approximate surface area is 111 Å². The van der Waals surface area contributed by atoms with Crippen LogP contribution in [0.5, 0.6) is 0 Å². The van der Waals surface area contributed by atoms with Crippen LogP contribution in [-0.2, 0) is 9.47 Å². The van der Waals surface area contributed by atoms with Gasteiger partial charge in [0, 0.05) is 32.4 Å². The third-order valence-electron chi connectivity index (χ3n) is 5.37. The highest BCUT2D eigenvalue weighted by molar-refractivity contribution is 4.96. The zero-order valence-electron chi connectivity index (χ0n) is 11.7. The van der Waals surface area contributed by atoms with Gasteiger partial charge in [0.1, 0.15) is 0 Å². The third kappa shape index (κ3) is 2.73. The molecule has 0 amide bonds. The number of hydrogen-bond donors (Lipinski definition) is 1. The summed E-state index contributed by atoms with van der Waals surface area (Å²) in [5.74, 6) is 0. The summed E-state index contributed by atoms with van der Waals surface area (Å²) < 4.78 is 11.6. The van der Waals surface area contributed by atoms with Crippen LogP contribution in [-0.4, -0.2) is 38.0 Å². The first-order valence-corrected chi connectivity index (χ1v) is 7.71. The van der Waals surface area contributed by atoms with Crippen molar-refractivity contribution in [3.05, 3.63) is 0 Å². The van der Waals surface area contributed by atoms with Gasteiger partial charge in [0.2, 0.25) is 0 Å². The first-order valence-electron chi connectivity index (χ1n) is 7.71. The molecule has 0 aromatic carbocycles. The zero-order valence-corrected chi connectivity index (χ0v) is 11.7. The predicted molar refractivity (Wildman–Crippen MR) is 71.7 cm³/mol. The van der Waals surface area contributed by atoms with Crippen molar-refractivity contribution in [2.24, 2.45) is 5.41 Å². The van der Waals surface area contributed by atoms with Gasteiger partial charge >= 0.3 is 0 Å². The van der Waals surface area contributed by atoms with E-state index in [4.69, 9.17) is 9.47 Å². The van der Waals surface area contributed by atoms with E-state index in [0.717, 1.165) is 32.7 Å². The van der Waals surface area contributed by atoms with E-state index in [1.807, 2.05) is 0 Å². The van der Waals surface area contributed by atoms with E-state index >= 15 is 0 Å². The van der Waals surface area contributed by atoms with E-state index in [1.54, 1.807) is 0 Å². The molecule has 0 aromatic heterocycles. The average Bonchev–Trinajstić information content (AvgIpc) is 3.18. The van der Waals surface area contributed by atoms with Gasteiger partial charge in [-0.2, -0.15) is 0 Å². The summed E-state index contributed by atoms with van der Waals surface area (Å²) in [5.41, 5.74) is 0.790. The number of rotatable bonds is 4. The fourth-order valence-electron chi connectivity index (χ4n) is 3.49. The molecular formula is C15H27NO2. The molecule has 2 heterocycles. The molecule has 1 unspecified atom stereocenters. The predicted octanol–water partition coefficient (Wildman–Crippen LogP) is 2.49. The van der Waals surface area contributed by atoms with Gasteiger partial charge in [-0.3, -0.25) is 0 Å². The number of ether oxygens (including phenoxy) is 2. The van der Waals surface area contributed by atoms with E-state index in [0.29, 0.717) is 11.5 Å². The lowest BCUT2D eigenvalue weighted by Crippen LogP contribution is -2.50. The van der Waals surface area contributed by atoms with Gasteiger partial charge in [0.15, 0.2) is 0 Å². The Morgan fingerprint density at radius 3 is 2.56 bits per heavy atom. The van der Waals surface area contributed by atoms with Gasteiger partial charge < -0.3 is 14.8 Å². The summed E-state index contributed by atoms with van der Waals surface area (Å²) >= 11 is 0.